The second-order valence-corrected chi connectivity index (χ2v) is 4.24. The summed E-state index contributed by atoms with van der Waals surface area (Å²) in [6, 6.07) is 2.93. The summed E-state index contributed by atoms with van der Waals surface area (Å²) in [5, 5.41) is 18.3. The van der Waals surface area contributed by atoms with Crippen molar-refractivity contribution in [3.63, 3.8) is 0 Å². The van der Waals surface area contributed by atoms with Gasteiger partial charge in [0.25, 0.3) is 0 Å². The van der Waals surface area contributed by atoms with E-state index in [-0.39, 0.29) is 17.3 Å². The predicted molar refractivity (Wildman–Crippen MR) is 68.1 cm³/mol. The highest BCUT2D eigenvalue weighted by molar-refractivity contribution is 6.58. The van der Waals surface area contributed by atoms with Gasteiger partial charge in [0, 0.05) is 0 Å². The van der Waals surface area contributed by atoms with Crippen molar-refractivity contribution in [1.82, 2.24) is 0 Å². The molecule has 0 aliphatic heterocycles. The maximum atomic E-state index is 11.9. The molecule has 5 nitrogen and oxygen atoms in total. The van der Waals surface area contributed by atoms with Crippen molar-refractivity contribution in [1.29, 1.82) is 0 Å². The number of ether oxygens (including phenoxy) is 2. The summed E-state index contributed by atoms with van der Waals surface area (Å²) in [7, 11) is -0.193. The molecule has 0 spiro atoms. The first kappa shape index (κ1) is 14.5. The molecule has 0 amide bonds. The zero-order valence-corrected chi connectivity index (χ0v) is 10.9. The minimum Gasteiger partial charge on any atom is -0.496 e. The van der Waals surface area contributed by atoms with Gasteiger partial charge in [-0.15, -0.1) is 0 Å². The van der Waals surface area contributed by atoms with Crippen LogP contribution < -0.4 is 10.2 Å². The Morgan fingerprint density at radius 3 is 2.39 bits per heavy atom. The lowest BCUT2D eigenvalue weighted by Gasteiger charge is -2.14. The summed E-state index contributed by atoms with van der Waals surface area (Å²) in [4.78, 5) is 11.9. The number of rotatable bonds is 4. The summed E-state index contributed by atoms with van der Waals surface area (Å²) >= 11 is 0. The van der Waals surface area contributed by atoms with E-state index < -0.39 is 13.1 Å². The summed E-state index contributed by atoms with van der Waals surface area (Å²) in [5.74, 6) is -0.220. The Morgan fingerprint density at radius 2 is 1.94 bits per heavy atom. The summed E-state index contributed by atoms with van der Waals surface area (Å²) < 4.78 is 10.2. The van der Waals surface area contributed by atoms with Crippen LogP contribution >= 0.6 is 0 Å². The topological polar surface area (TPSA) is 76.0 Å². The van der Waals surface area contributed by atoms with Crippen LogP contribution in [-0.2, 0) is 4.74 Å². The van der Waals surface area contributed by atoms with E-state index >= 15 is 0 Å². The number of esters is 1. The third-order valence-electron chi connectivity index (χ3n) is 2.39. The minimum atomic E-state index is -1.60. The van der Waals surface area contributed by atoms with Crippen molar-refractivity contribution in [2.75, 3.05) is 7.11 Å². The normalized spacial score (nSPS) is 10.4. The molecule has 0 heterocycles. The molecule has 0 unspecified atom stereocenters. The van der Waals surface area contributed by atoms with Crippen molar-refractivity contribution < 1.29 is 24.3 Å². The van der Waals surface area contributed by atoms with Gasteiger partial charge in [-0.3, -0.25) is 0 Å². The first-order chi connectivity index (χ1) is 8.36. The Morgan fingerprint density at radius 1 is 1.33 bits per heavy atom. The number of benzene rings is 1. The molecule has 0 aliphatic rings. The molecular weight excluding hydrogens is 235 g/mol. The molecule has 18 heavy (non-hydrogen) atoms. The van der Waals surface area contributed by atoms with E-state index in [1.807, 2.05) is 0 Å². The Kier molecular flexibility index (Phi) is 4.75. The van der Waals surface area contributed by atoms with Gasteiger partial charge in [-0.25, -0.2) is 4.79 Å². The Balaban J connectivity index is 3.23. The summed E-state index contributed by atoms with van der Waals surface area (Å²) in [6.07, 6.45) is -0.232. The third kappa shape index (κ3) is 3.24. The maximum Gasteiger partial charge on any atom is 0.488 e. The number of carbonyl (C=O) groups is 1. The average molecular weight is 252 g/mol. The predicted octanol–water partition coefficient (Wildman–Crippen LogP) is 0.249. The lowest BCUT2D eigenvalue weighted by Crippen LogP contribution is -2.31. The molecule has 0 aliphatic carbocycles. The highest BCUT2D eigenvalue weighted by Gasteiger charge is 2.22. The third-order valence-corrected chi connectivity index (χ3v) is 2.39. The largest absolute Gasteiger partial charge is 0.496 e. The first-order valence-corrected chi connectivity index (χ1v) is 5.62. The van der Waals surface area contributed by atoms with Gasteiger partial charge in [0.2, 0.25) is 0 Å². The Hall–Kier alpha value is -1.53. The van der Waals surface area contributed by atoms with Gasteiger partial charge in [-0.05, 0) is 37.9 Å². The lowest BCUT2D eigenvalue weighted by atomic mass is 9.78. The highest BCUT2D eigenvalue weighted by atomic mass is 16.5. The maximum absolute atomic E-state index is 11.9. The number of carbonyl (C=O) groups excluding carboxylic acids is 1. The second kappa shape index (κ2) is 5.88. The van der Waals surface area contributed by atoms with Crippen molar-refractivity contribution in [3.05, 3.63) is 23.3 Å². The van der Waals surface area contributed by atoms with Gasteiger partial charge >= 0.3 is 13.1 Å². The van der Waals surface area contributed by atoms with Gasteiger partial charge in [-0.1, -0.05) is 6.07 Å². The zero-order valence-electron chi connectivity index (χ0n) is 10.9. The quantitative estimate of drug-likeness (QED) is 0.593. The van der Waals surface area contributed by atoms with Crippen LogP contribution in [0.1, 0.15) is 29.8 Å². The standard InChI is InChI=1S/C12H17BO5/c1-7(2)18-12(14)11-8(3)5-9(13(15)16)6-10(11)17-4/h5-7,15-16H,1-4H3. The van der Waals surface area contributed by atoms with Crippen LogP contribution in [0.15, 0.2) is 12.1 Å². The van der Waals surface area contributed by atoms with Crippen molar-refractivity contribution in [2.24, 2.45) is 0 Å². The van der Waals surface area contributed by atoms with Crippen LogP contribution in [0, 0.1) is 6.92 Å². The summed E-state index contributed by atoms with van der Waals surface area (Å²) in [5.41, 5.74) is 1.14. The van der Waals surface area contributed by atoms with Crippen LogP contribution in [0.25, 0.3) is 0 Å². The molecule has 0 saturated heterocycles. The van der Waals surface area contributed by atoms with E-state index in [2.05, 4.69) is 0 Å². The van der Waals surface area contributed by atoms with Crippen molar-refractivity contribution in [2.45, 2.75) is 26.9 Å². The van der Waals surface area contributed by atoms with E-state index in [1.54, 1.807) is 20.8 Å². The fourth-order valence-corrected chi connectivity index (χ4v) is 1.63. The van der Waals surface area contributed by atoms with Crippen LogP contribution in [0.3, 0.4) is 0 Å². The van der Waals surface area contributed by atoms with E-state index in [0.29, 0.717) is 11.1 Å². The number of hydrogen-bond donors (Lipinski definition) is 2. The van der Waals surface area contributed by atoms with Crippen LogP contribution in [0.5, 0.6) is 5.75 Å². The molecule has 0 saturated carbocycles. The van der Waals surface area contributed by atoms with Gasteiger partial charge in [0.1, 0.15) is 11.3 Å². The van der Waals surface area contributed by atoms with Gasteiger partial charge in [-0.2, -0.15) is 0 Å². The lowest BCUT2D eigenvalue weighted by molar-refractivity contribution is 0.0373. The molecule has 0 fully saturated rings. The smallest absolute Gasteiger partial charge is 0.488 e. The average Bonchev–Trinajstić information content (AvgIpc) is 2.26. The minimum absolute atomic E-state index is 0.232. The van der Waals surface area contributed by atoms with Crippen LogP contribution in [0.2, 0.25) is 0 Å². The number of hydrogen-bond acceptors (Lipinski definition) is 5. The fraction of sp³-hybridized carbons (Fsp3) is 0.417. The highest BCUT2D eigenvalue weighted by Crippen LogP contribution is 2.22. The molecule has 0 aromatic heterocycles. The molecule has 0 radical (unpaired) electrons. The van der Waals surface area contributed by atoms with Crippen LogP contribution in [-0.4, -0.2) is 36.3 Å². The molecule has 2 N–H and O–H groups in total. The number of methoxy groups -OCH3 is 1. The molecule has 0 atom stereocenters. The summed E-state index contributed by atoms with van der Waals surface area (Å²) in [6.45, 7) is 5.20. The monoisotopic (exact) mass is 252 g/mol. The van der Waals surface area contributed by atoms with E-state index in [4.69, 9.17) is 19.5 Å². The first-order valence-electron chi connectivity index (χ1n) is 5.62. The molecular formula is C12H17BO5. The van der Waals surface area contributed by atoms with Crippen molar-refractivity contribution >= 4 is 18.6 Å². The van der Waals surface area contributed by atoms with E-state index in [0.717, 1.165) is 0 Å². The van der Waals surface area contributed by atoms with E-state index in [9.17, 15) is 4.79 Å². The zero-order chi connectivity index (χ0) is 13.9. The van der Waals surface area contributed by atoms with Gasteiger partial charge < -0.3 is 19.5 Å². The van der Waals surface area contributed by atoms with Gasteiger partial charge in [0.15, 0.2) is 0 Å². The SMILES string of the molecule is COc1cc(B(O)O)cc(C)c1C(=O)OC(C)C. The second-order valence-electron chi connectivity index (χ2n) is 4.24. The molecule has 98 valence electrons. The molecule has 1 rings (SSSR count). The van der Waals surface area contributed by atoms with Crippen molar-refractivity contribution in [3.8, 4) is 5.75 Å². The molecule has 0 bridgehead atoms. The Labute approximate surface area is 106 Å². The Bertz CT molecular complexity index is 442. The number of aryl methyl sites for hydroxylation is 1. The van der Waals surface area contributed by atoms with Gasteiger partial charge in [0.05, 0.1) is 13.2 Å². The van der Waals surface area contributed by atoms with E-state index in [1.165, 1.54) is 19.2 Å². The fourth-order valence-electron chi connectivity index (χ4n) is 1.63. The molecule has 1 aromatic rings. The molecule has 6 heteroatoms. The molecule has 1 aromatic carbocycles. The van der Waals surface area contributed by atoms with Crippen LogP contribution in [0.4, 0.5) is 0 Å².